The van der Waals surface area contributed by atoms with Crippen LogP contribution < -0.4 is 0 Å². The summed E-state index contributed by atoms with van der Waals surface area (Å²) in [5.41, 5.74) is 0. The average molecular weight is 104 g/mol. The number of carbonyl (C=O) groups excluding carboxylic acids is 1. The molecule has 0 saturated heterocycles. The zero-order valence-corrected chi connectivity index (χ0v) is 3.33. The molecule has 1 saturated carbocycles. The van der Waals surface area contributed by atoms with Crippen molar-refractivity contribution < 1.29 is 20.1 Å². The summed E-state index contributed by atoms with van der Waals surface area (Å²) in [7, 11) is 0. The zero-order valence-electron chi connectivity index (χ0n) is 3.33. The fraction of sp³-hybridized carbons (Fsp3) is 0.667. The fourth-order valence-electron chi connectivity index (χ4n) is 0.268. The van der Waals surface area contributed by atoms with E-state index in [1.807, 2.05) is 0 Å². The van der Waals surface area contributed by atoms with E-state index in [1.165, 1.54) is 0 Å². The molecule has 1 atom stereocenters. The van der Waals surface area contributed by atoms with E-state index in [-0.39, 0.29) is 0 Å². The Balaban J connectivity index is 2.70. The molecule has 1 fully saturated rings. The van der Waals surface area contributed by atoms with Crippen LogP contribution in [0.25, 0.3) is 0 Å². The van der Waals surface area contributed by atoms with Gasteiger partial charge in [0, 0.05) is 0 Å². The van der Waals surface area contributed by atoms with Gasteiger partial charge < -0.3 is 15.3 Å². The highest BCUT2D eigenvalue weighted by Crippen LogP contribution is 2.26. The van der Waals surface area contributed by atoms with Crippen LogP contribution in [0.3, 0.4) is 0 Å². The second-order valence-corrected chi connectivity index (χ2v) is 1.49. The Labute approximate surface area is 39.0 Å². The lowest BCUT2D eigenvalue weighted by molar-refractivity contribution is -0.135. The van der Waals surface area contributed by atoms with E-state index in [0.717, 1.165) is 0 Å². The molecule has 0 aromatic rings. The van der Waals surface area contributed by atoms with Crippen LogP contribution in [-0.2, 0) is 4.79 Å². The van der Waals surface area contributed by atoms with E-state index in [4.69, 9.17) is 15.3 Å². The average Bonchev–Trinajstić information content (AvgIpc) is 1.91. The molecule has 0 aromatic carbocycles. The minimum Gasteiger partial charge on any atom is -0.379 e. The van der Waals surface area contributed by atoms with Gasteiger partial charge in [-0.2, -0.15) is 0 Å². The minimum absolute atomic E-state index is 0.924. The van der Waals surface area contributed by atoms with E-state index in [2.05, 4.69) is 0 Å². The van der Waals surface area contributed by atoms with Crippen LogP contribution in [0.4, 0.5) is 0 Å². The van der Waals surface area contributed by atoms with Crippen molar-refractivity contribution in [1.29, 1.82) is 0 Å². The molecule has 1 aliphatic carbocycles. The molecule has 1 rings (SSSR count). The van der Waals surface area contributed by atoms with Gasteiger partial charge in [-0.1, -0.05) is 0 Å². The molecule has 0 radical (unpaired) electrons. The molecular formula is C3H4O4. The minimum atomic E-state index is -2.42. The molecule has 0 spiro atoms. The monoisotopic (exact) mass is 104 g/mol. The van der Waals surface area contributed by atoms with Crippen molar-refractivity contribution in [1.82, 2.24) is 0 Å². The van der Waals surface area contributed by atoms with Crippen LogP contribution in [0.5, 0.6) is 0 Å². The van der Waals surface area contributed by atoms with Gasteiger partial charge in [-0.3, -0.25) is 4.79 Å². The molecular weight excluding hydrogens is 100 g/mol. The van der Waals surface area contributed by atoms with Crippen LogP contribution in [0.2, 0.25) is 0 Å². The van der Waals surface area contributed by atoms with Gasteiger partial charge >= 0.3 is 0 Å². The predicted molar refractivity (Wildman–Crippen MR) is 18.2 cm³/mol. The molecule has 40 valence electrons. The van der Waals surface area contributed by atoms with Crippen LogP contribution in [-0.4, -0.2) is 33.0 Å². The Bertz CT molecular complexity index is 116. The maximum Gasteiger partial charge on any atom is 0.261 e. The molecule has 0 aliphatic heterocycles. The molecule has 1 unspecified atom stereocenters. The number of aliphatic hydroxyl groups is 3. The summed E-state index contributed by atoms with van der Waals surface area (Å²) in [5, 5.41) is 24.4. The molecule has 0 aromatic heterocycles. The highest BCUT2D eigenvalue weighted by molar-refractivity contribution is 6.07. The maximum absolute atomic E-state index is 9.79. The van der Waals surface area contributed by atoms with E-state index in [9.17, 15) is 4.79 Å². The third-order valence-corrected chi connectivity index (χ3v) is 0.909. The van der Waals surface area contributed by atoms with Gasteiger partial charge in [0.2, 0.25) is 5.78 Å². The first-order chi connectivity index (χ1) is 3.07. The molecule has 0 amide bonds. The second-order valence-electron chi connectivity index (χ2n) is 1.49. The van der Waals surface area contributed by atoms with Crippen LogP contribution in [0, 0.1) is 0 Å². The van der Waals surface area contributed by atoms with Crippen molar-refractivity contribution in [3.05, 3.63) is 0 Å². The first kappa shape index (κ1) is 4.70. The molecule has 3 N–H and O–H groups in total. The van der Waals surface area contributed by atoms with E-state index in [0.29, 0.717) is 0 Å². The number of Topliss-reactive ketones (excluding diaryl/α,β-unsaturated/α-hetero) is 1. The van der Waals surface area contributed by atoms with Crippen molar-refractivity contribution in [2.24, 2.45) is 0 Å². The largest absolute Gasteiger partial charge is 0.379 e. The van der Waals surface area contributed by atoms with Gasteiger partial charge in [-0.25, -0.2) is 0 Å². The Morgan fingerprint density at radius 3 is 1.71 bits per heavy atom. The second kappa shape index (κ2) is 0.861. The van der Waals surface area contributed by atoms with E-state index < -0.39 is 17.7 Å². The Morgan fingerprint density at radius 1 is 1.57 bits per heavy atom. The lowest BCUT2D eigenvalue weighted by Crippen LogP contribution is -2.12. The van der Waals surface area contributed by atoms with Crippen molar-refractivity contribution in [3.63, 3.8) is 0 Å². The summed E-state index contributed by atoms with van der Waals surface area (Å²) >= 11 is 0. The predicted octanol–water partition coefficient (Wildman–Crippen LogP) is -2.39. The van der Waals surface area contributed by atoms with Gasteiger partial charge in [0.05, 0.1) is 0 Å². The molecule has 4 nitrogen and oxygen atoms in total. The SMILES string of the molecule is O=C1C(O)C1(O)O. The summed E-state index contributed by atoms with van der Waals surface area (Å²) in [5.74, 6) is -3.34. The van der Waals surface area contributed by atoms with Crippen molar-refractivity contribution >= 4 is 5.78 Å². The van der Waals surface area contributed by atoms with Gasteiger partial charge in [0.1, 0.15) is 0 Å². The Kier molecular flexibility index (Phi) is 0.579. The third kappa shape index (κ3) is 0.381. The molecule has 4 heteroatoms. The summed E-state index contributed by atoms with van der Waals surface area (Å²) in [6.07, 6.45) is -1.56. The number of rotatable bonds is 0. The lowest BCUT2D eigenvalue weighted by Gasteiger charge is -1.86. The van der Waals surface area contributed by atoms with E-state index in [1.54, 1.807) is 0 Å². The van der Waals surface area contributed by atoms with Crippen LogP contribution in [0.15, 0.2) is 0 Å². The molecule has 7 heavy (non-hydrogen) atoms. The maximum atomic E-state index is 9.79. The van der Waals surface area contributed by atoms with Crippen molar-refractivity contribution in [2.75, 3.05) is 0 Å². The summed E-state index contributed by atoms with van der Waals surface area (Å²) in [4.78, 5) is 9.79. The lowest BCUT2D eigenvalue weighted by atomic mass is 10.7. The summed E-state index contributed by atoms with van der Waals surface area (Å²) in [6, 6.07) is 0. The first-order valence-electron chi connectivity index (χ1n) is 1.74. The quantitative estimate of drug-likeness (QED) is 0.300. The number of hydrogen-bond donors (Lipinski definition) is 3. The highest BCUT2D eigenvalue weighted by atomic mass is 16.6. The van der Waals surface area contributed by atoms with Gasteiger partial charge in [0.15, 0.2) is 6.10 Å². The van der Waals surface area contributed by atoms with Gasteiger partial charge in [-0.15, -0.1) is 0 Å². The van der Waals surface area contributed by atoms with E-state index >= 15 is 0 Å². The summed E-state index contributed by atoms with van der Waals surface area (Å²) < 4.78 is 0. The van der Waals surface area contributed by atoms with Crippen LogP contribution in [0.1, 0.15) is 0 Å². The zero-order chi connectivity index (χ0) is 5.65. The molecule has 0 heterocycles. The van der Waals surface area contributed by atoms with Crippen molar-refractivity contribution in [3.8, 4) is 0 Å². The van der Waals surface area contributed by atoms with Crippen LogP contribution >= 0.6 is 0 Å². The standard InChI is InChI=1S/C3H4O4/c4-1-2(5)3(1,6)7/h1,4,6-7H. The topological polar surface area (TPSA) is 77.8 Å². The molecule has 1 aliphatic rings. The third-order valence-electron chi connectivity index (χ3n) is 0.909. The Morgan fingerprint density at radius 2 is 1.71 bits per heavy atom. The number of carbonyl (C=O) groups is 1. The number of aliphatic hydroxyl groups excluding tert-OH is 1. The number of hydrogen-bond acceptors (Lipinski definition) is 4. The Hall–Kier alpha value is -0.450. The molecule has 0 bridgehead atoms. The highest BCUT2D eigenvalue weighted by Gasteiger charge is 2.63. The summed E-state index contributed by atoms with van der Waals surface area (Å²) in [6.45, 7) is 0. The van der Waals surface area contributed by atoms with Crippen molar-refractivity contribution in [2.45, 2.75) is 11.9 Å². The first-order valence-corrected chi connectivity index (χ1v) is 1.74. The number of ketones is 1. The van der Waals surface area contributed by atoms with Gasteiger partial charge in [-0.05, 0) is 0 Å². The van der Waals surface area contributed by atoms with Gasteiger partial charge in [0.25, 0.3) is 5.79 Å². The normalized spacial score (nSPS) is 35.9. The smallest absolute Gasteiger partial charge is 0.261 e. The fourth-order valence-corrected chi connectivity index (χ4v) is 0.268.